The standard InChI is InChI=1S/C23H32FN2O13P/c1-8-23(32)15(27)14(39-17(23)26-9-13(24)16(28)25-20(26)31)10-36-40(33,37-11-34-18(29)21(2,3)4)38-12-35-19(30)22(5,6)7/h1,9,14-15,17,27,32H,10-12H2,2-7H3,(H,25,28,31)/t14-,15+,17-,23?/m1/s1. The number of aliphatic hydroxyl groups excluding tert-OH is 1. The molecule has 2 rings (SSSR count). The molecule has 0 bridgehead atoms. The molecule has 0 aliphatic carbocycles. The Hall–Kier alpha value is -2.90. The summed E-state index contributed by atoms with van der Waals surface area (Å²) in [5, 5.41) is 21.5. The van der Waals surface area contributed by atoms with E-state index in [-0.39, 0.29) is 0 Å². The van der Waals surface area contributed by atoms with Crippen LogP contribution in [0.3, 0.4) is 0 Å². The third kappa shape index (κ3) is 7.85. The van der Waals surface area contributed by atoms with Gasteiger partial charge in [-0.3, -0.25) is 28.5 Å². The van der Waals surface area contributed by atoms with Crippen LogP contribution in [0, 0.1) is 29.0 Å². The number of aromatic nitrogens is 2. The van der Waals surface area contributed by atoms with Gasteiger partial charge in [-0.25, -0.2) is 18.4 Å². The summed E-state index contributed by atoms with van der Waals surface area (Å²) >= 11 is 0. The largest absolute Gasteiger partial charge is 0.480 e. The topological polar surface area (TPSA) is 202 Å². The van der Waals surface area contributed by atoms with E-state index >= 15 is 0 Å². The quantitative estimate of drug-likeness (QED) is 0.147. The van der Waals surface area contributed by atoms with Crippen molar-refractivity contribution in [2.45, 2.75) is 65.6 Å². The Balaban J connectivity index is 2.23. The lowest BCUT2D eigenvalue weighted by Gasteiger charge is -2.26. The Morgan fingerprint density at radius 3 is 2.08 bits per heavy atom. The number of terminal acetylenes is 1. The van der Waals surface area contributed by atoms with Crippen LogP contribution in [0.25, 0.3) is 0 Å². The van der Waals surface area contributed by atoms with E-state index in [2.05, 4.69) is 0 Å². The monoisotopic (exact) mass is 594 g/mol. The summed E-state index contributed by atoms with van der Waals surface area (Å²) in [6.45, 7) is 6.58. The average Bonchev–Trinajstić information content (AvgIpc) is 3.09. The Morgan fingerprint density at radius 2 is 1.62 bits per heavy atom. The maximum absolute atomic E-state index is 13.8. The van der Waals surface area contributed by atoms with Crippen molar-refractivity contribution in [2.24, 2.45) is 10.8 Å². The van der Waals surface area contributed by atoms with E-state index < -0.39 is 91.9 Å². The molecule has 2 heterocycles. The van der Waals surface area contributed by atoms with Crippen molar-refractivity contribution in [3.8, 4) is 12.3 Å². The molecule has 1 aliphatic heterocycles. The van der Waals surface area contributed by atoms with Crippen LogP contribution >= 0.6 is 7.82 Å². The van der Waals surface area contributed by atoms with Gasteiger partial charge in [0.25, 0.3) is 5.56 Å². The van der Waals surface area contributed by atoms with Crippen LogP contribution in [-0.2, 0) is 41.9 Å². The lowest BCUT2D eigenvalue weighted by Crippen LogP contribution is -2.48. The highest BCUT2D eigenvalue weighted by Crippen LogP contribution is 2.50. The number of phosphoric ester groups is 1. The van der Waals surface area contributed by atoms with Gasteiger partial charge in [-0.05, 0) is 41.5 Å². The number of hydrogen-bond acceptors (Lipinski definition) is 13. The van der Waals surface area contributed by atoms with Crippen molar-refractivity contribution < 1.29 is 56.5 Å². The molecule has 0 spiro atoms. The summed E-state index contributed by atoms with van der Waals surface area (Å²) in [4.78, 5) is 49.2. The third-order valence-electron chi connectivity index (χ3n) is 5.31. The molecule has 0 saturated carbocycles. The number of carbonyl (C=O) groups excluding carboxylic acids is 2. The molecule has 0 radical (unpaired) electrons. The Kier molecular flexibility index (Phi) is 10.3. The van der Waals surface area contributed by atoms with Crippen LogP contribution in [0.15, 0.2) is 15.8 Å². The molecule has 224 valence electrons. The number of phosphoric acid groups is 1. The highest BCUT2D eigenvalue weighted by atomic mass is 31.2. The van der Waals surface area contributed by atoms with Crippen molar-refractivity contribution in [1.29, 1.82) is 0 Å². The van der Waals surface area contributed by atoms with Gasteiger partial charge in [0.2, 0.25) is 19.4 Å². The molecule has 0 aromatic carbocycles. The fourth-order valence-corrected chi connectivity index (χ4v) is 3.89. The molecule has 15 nitrogen and oxygen atoms in total. The number of ether oxygens (including phenoxy) is 3. The van der Waals surface area contributed by atoms with E-state index in [1.165, 1.54) is 0 Å². The summed E-state index contributed by atoms with van der Waals surface area (Å²) in [6, 6.07) is 0. The second-order valence-corrected chi connectivity index (χ2v) is 12.4. The lowest BCUT2D eigenvalue weighted by molar-refractivity contribution is -0.163. The maximum Gasteiger partial charge on any atom is 0.480 e. The summed E-state index contributed by atoms with van der Waals surface area (Å²) in [6.07, 6.45) is 0.171. The third-order valence-corrected chi connectivity index (χ3v) is 6.62. The molecule has 1 aliphatic rings. The van der Waals surface area contributed by atoms with E-state index in [1.807, 2.05) is 5.92 Å². The van der Waals surface area contributed by atoms with Crippen LogP contribution < -0.4 is 11.2 Å². The van der Waals surface area contributed by atoms with Gasteiger partial charge in [-0.2, -0.15) is 4.39 Å². The number of aromatic amines is 1. The Labute approximate surface area is 228 Å². The Morgan fingerprint density at radius 1 is 1.12 bits per heavy atom. The summed E-state index contributed by atoms with van der Waals surface area (Å²) < 4.78 is 57.8. The number of nitrogens with one attached hydrogen (secondary N) is 1. The average molecular weight is 594 g/mol. The Bertz CT molecular complexity index is 1270. The number of aliphatic hydroxyl groups is 2. The van der Waals surface area contributed by atoms with E-state index in [0.29, 0.717) is 10.8 Å². The first kappa shape index (κ1) is 33.3. The second-order valence-electron chi connectivity index (χ2n) is 10.7. The minimum absolute atomic E-state index is 0.407. The molecule has 1 saturated heterocycles. The molecule has 1 unspecified atom stereocenters. The summed E-state index contributed by atoms with van der Waals surface area (Å²) in [5.41, 5.74) is -7.10. The summed E-state index contributed by atoms with van der Waals surface area (Å²) in [5.74, 6) is -1.02. The first-order valence-electron chi connectivity index (χ1n) is 11.7. The maximum atomic E-state index is 13.8. The highest BCUT2D eigenvalue weighted by molar-refractivity contribution is 7.48. The number of nitrogens with zero attached hydrogens (tertiary/aromatic N) is 1. The fourth-order valence-electron chi connectivity index (χ4n) is 2.97. The van der Waals surface area contributed by atoms with Crippen molar-refractivity contribution in [3.63, 3.8) is 0 Å². The minimum Gasteiger partial charge on any atom is -0.437 e. The van der Waals surface area contributed by atoms with Gasteiger partial charge in [0.15, 0.2) is 11.8 Å². The second kappa shape index (κ2) is 12.3. The molecule has 4 atom stereocenters. The first-order valence-corrected chi connectivity index (χ1v) is 13.1. The number of rotatable bonds is 10. The van der Waals surface area contributed by atoms with Crippen molar-refractivity contribution in [2.75, 3.05) is 20.2 Å². The van der Waals surface area contributed by atoms with E-state index in [1.54, 1.807) is 46.5 Å². The molecule has 1 aromatic rings. The number of halogens is 1. The predicted octanol–water partition coefficient (Wildman–Crippen LogP) is 0.550. The van der Waals surface area contributed by atoms with Crippen LogP contribution in [0.4, 0.5) is 4.39 Å². The van der Waals surface area contributed by atoms with Crippen molar-refractivity contribution in [3.05, 3.63) is 32.9 Å². The van der Waals surface area contributed by atoms with Crippen LogP contribution in [0.1, 0.15) is 47.8 Å². The van der Waals surface area contributed by atoms with E-state index in [0.717, 1.165) is 0 Å². The molecular formula is C23H32FN2O13P. The highest BCUT2D eigenvalue weighted by Gasteiger charge is 2.56. The minimum atomic E-state index is -4.74. The zero-order valence-electron chi connectivity index (χ0n) is 22.7. The van der Waals surface area contributed by atoms with Crippen molar-refractivity contribution >= 4 is 19.8 Å². The van der Waals surface area contributed by atoms with Crippen LogP contribution in [0.5, 0.6) is 0 Å². The van der Waals surface area contributed by atoms with Gasteiger partial charge in [-0.1, -0.05) is 5.92 Å². The smallest absolute Gasteiger partial charge is 0.437 e. The zero-order chi connectivity index (χ0) is 30.7. The van der Waals surface area contributed by atoms with Gasteiger partial charge >= 0.3 is 25.5 Å². The fraction of sp³-hybridized carbons (Fsp3) is 0.652. The predicted molar refractivity (Wildman–Crippen MR) is 132 cm³/mol. The van der Waals surface area contributed by atoms with Crippen molar-refractivity contribution in [1.82, 2.24) is 9.55 Å². The van der Waals surface area contributed by atoms with Gasteiger partial charge < -0.3 is 24.4 Å². The number of esters is 2. The van der Waals surface area contributed by atoms with E-state index in [4.69, 9.17) is 34.2 Å². The van der Waals surface area contributed by atoms with Gasteiger partial charge in [0.05, 0.1) is 23.6 Å². The lowest BCUT2D eigenvalue weighted by atomic mass is 9.95. The molecule has 1 fully saturated rings. The molecule has 1 aromatic heterocycles. The normalized spacial score (nSPS) is 23.4. The first-order chi connectivity index (χ1) is 18.2. The molecule has 40 heavy (non-hydrogen) atoms. The molecular weight excluding hydrogens is 562 g/mol. The van der Waals surface area contributed by atoms with Gasteiger partial charge in [-0.15, -0.1) is 6.42 Å². The number of H-pyrrole nitrogens is 1. The number of carbonyl (C=O) groups is 2. The van der Waals surface area contributed by atoms with Gasteiger partial charge in [0.1, 0.15) is 12.2 Å². The molecule has 3 N–H and O–H groups in total. The summed E-state index contributed by atoms with van der Waals surface area (Å²) in [7, 11) is -4.74. The molecule has 17 heteroatoms. The van der Waals surface area contributed by atoms with Crippen LogP contribution in [-0.4, -0.2) is 69.7 Å². The number of hydrogen-bond donors (Lipinski definition) is 3. The van der Waals surface area contributed by atoms with Crippen LogP contribution in [0.2, 0.25) is 0 Å². The zero-order valence-corrected chi connectivity index (χ0v) is 23.6. The van der Waals surface area contributed by atoms with Gasteiger partial charge in [0, 0.05) is 0 Å². The molecule has 0 amide bonds. The SMILES string of the molecule is C#CC1(O)[C@@H](O)[C@@H](COP(=O)(OCOC(=O)C(C)(C)C)OCOC(=O)C(C)(C)C)O[C@H]1n1cc(F)c(=O)[nH]c1=O. The van der Waals surface area contributed by atoms with E-state index in [9.17, 15) is 38.3 Å².